The van der Waals surface area contributed by atoms with Crippen molar-refractivity contribution in [2.75, 3.05) is 5.75 Å². The van der Waals surface area contributed by atoms with Gasteiger partial charge in [0.25, 0.3) is 0 Å². The topological polar surface area (TPSA) is 26.3 Å². The molecule has 0 aliphatic heterocycles. The number of hydrogen-bond donors (Lipinski definition) is 1. The van der Waals surface area contributed by atoms with Gasteiger partial charge in [0.15, 0.2) is 0 Å². The average Bonchev–Trinajstić information content (AvgIpc) is 2.17. The van der Waals surface area contributed by atoms with Crippen molar-refractivity contribution in [3.8, 4) is 0 Å². The molecule has 1 aliphatic carbocycles. The minimum absolute atomic E-state index is 0.119. The van der Waals surface area contributed by atoms with Crippen molar-refractivity contribution in [3.05, 3.63) is 0 Å². The predicted molar refractivity (Wildman–Crippen MR) is 65.1 cm³/mol. The summed E-state index contributed by atoms with van der Waals surface area (Å²) in [6, 6.07) is 0. The molecular weight excluding hydrogens is 208 g/mol. The summed E-state index contributed by atoms with van der Waals surface area (Å²) in [5.41, 5.74) is 0. The van der Waals surface area contributed by atoms with Crippen molar-refractivity contribution in [2.24, 2.45) is 17.8 Å². The van der Waals surface area contributed by atoms with E-state index < -0.39 is 0 Å². The van der Waals surface area contributed by atoms with E-state index in [4.69, 9.17) is 4.74 Å². The second-order valence-electron chi connectivity index (χ2n) is 5.01. The van der Waals surface area contributed by atoms with E-state index in [1.807, 2.05) is 0 Å². The first-order valence-electron chi connectivity index (χ1n) is 5.85. The lowest BCUT2D eigenvalue weighted by atomic mass is 9.75. The van der Waals surface area contributed by atoms with E-state index in [0.29, 0.717) is 17.8 Å². The Morgan fingerprint density at radius 3 is 2.67 bits per heavy atom. The summed E-state index contributed by atoms with van der Waals surface area (Å²) in [7, 11) is 0. The zero-order valence-electron chi connectivity index (χ0n) is 9.90. The van der Waals surface area contributed by atoms with Crippen LogP contribution in [0.15, 0.2) is 0 Å². The molecule has 0 radical (unpaired) electrons. The first-order chi connectivity index (χ1) is 7.04. The summed E-state index contributed by atoms with van der Waals surface area (Å²) in [6.45, 7) is 6.66. The molecule has 3 heteroatoms. The van der Waals surface area contributed by atoms with Gasteiger partial charge in [-0.3, -0.25) is 4.79 Å². The van der Waals surface area contributed by atoms with Crippen molar-refractivity contribution in [2.45, 2.75) is 46.1 Å². The predicted octanol–water partition coefficient (Wildman–Crippen LogP) is 2.92. The van der Waals surface area contributed by atoms with E-state index >= 15 is 0 Å². The number of thiol groups is 1. The largest absolute Gasteiger partial charge is 0.461 e. The average molecular weight is 230 g/mol. The number of esters is 1. The molecule has 0 amide bonds. The highest BCUT2D eigenvalue weighted by molar-refractivity contribution is 7.81. The monoisotopic (exact) mass is 230 g/mol. The quantitative estimate of drug-likeness (QED) is 0.596. The van der Waals surface area contributed by atoms with Crippen LogP contribution in [0.2, 0.25) is 0 Å². The molecule has 0 bridgehead atoms. The third-order valence-electron chi connectivity index (χ3n) is 3.37. The van der Waals surface area contributed by atoms with E-state index in [2.05, 4.69) is 33.4 Å². The molecule has 0 aromatic heterocycles. The molecule has 88 valence electrons. The van der Waals surface area contributed by atoms with Crippen molar-refractivity contribution in [1.29, 1.82) is 0 Å². The van der Waals surface area contributed by atoms with Crippen LogP contribution >= 0.6 is 12.6 Å². The lowest BCUT2D eigenvalue weighted by molar-refractivity contribution is -0.152. The zero-order valence-corrected chi connectivity index (χ0v) is 10.8. The van der Waals surface area contributed by atoms with Gasteiger partial charge in [0, 0.05) is 0 Å². The van der Waals surface area contributed by atoms with Gasteiger partial charge in [0.1, 0.15) is 6.10 Å². The minimum atomic E-state index is -0.178. The first kappa shape index (κ1) is 12.9. The molecule has 0 unspecified atom stereocenters. The van der Waals surface area contributed by atoms with Gasteiger partial charge in [-0.15, -0.1) is 0 Å². The van der Waals surface area contributed by atoms with Crippen molar-refractivity contribution in [3.63, 3.8) is 0 Å². The van der Waals surface area contributed by atoms with Crippen molar-refractivity contribution < 1.29 is 9.53 Å². The SMILES string of the molecule is CC(C)[C@@H]1CC[C@@H](C)C[C@H]1OC(=O)CS. The summed E-state index contributed by atoms with van der Waals surface area (Å²) < 4.78 is 5.47. The Hall–Kier alpha value is -0.180. The van der Waals surface area contributed by atoms with E-state index in [1.165, 1.54) is 12.8 Å². The van der Waals surface area contributed by atoms with Crippen LogP contribution < -0.4 is 0 Å². The first-order valence-corrected chi connectivity index (χ1v) is 6.48. The summed E-state index contributed by atoms with van der Waals surface area (Å²) in [5, 5.41) is 0. The van der Waals surface area contributed by atoms with Crippen LogP contribution in [0.3, 0.4) is 0 Å². The van der Waals surface area contributed by atoms with Gasteiger partial charge in [0.05, 0.1) is 5.75 Å². The Morgan fingerprint density at radius 2 is 2.13 bits per heavy atom. The second-order valence-corrected chi connectivity index (χ2v) is 5.33. The lowest BCUT2D eigenvalue weighted by Crippen LogP contribution is -2.36. The van der Waals surface area contributed by atoms with Crippen LogP contribution in [0.4, 0.5) is 0 Å². The highest BCUT2D eigenvalue weighted by atomic mass is 32.1. The van der Waals surface area contributed by atoms with Crippen molar-refractivity contribution in [1.82, 2.24) is 0 Å². The highest BCUT2D eigenvalue weighted by Crippen LogP contribution is 2.35. The number of rotatable bonds is 3. The normalized spacial score (nSPS) is 31.7. The van der Waals surface area contributed by atoms with E-state index in [9.17, 15) is 4.79 Å². The fraction of sp³-hybridized carbons (Fsp3) is 0.917. The van der Waals surface area contributed by atoms with Crippen LogP contribution in [0.1, 0.15) is 40.0 Å². The van der Waals surface area contributed by atoms with E-state index in [0.717, 1.165) is 6.42 Å². The number of carbonyl (C=O) groups excluding carboxylic acids is 1. The Balaban J connectivity index is 2.57. The van der Waals surface area contributed by atoms with Gasteiger partial charge in [0.2, 0.25) is 0 Å². The van der Waals surface area contributed by atoms with E-state index in [-0.39, 0.29) is 17.8 Å². The zero-order chi connectivity index (χ0) is 11.4. The Labute approximate surface area is 98.2 Å². The fourth-order valence-electron chi connectivity index (χ4n) is 2.46. The smallest absolute Gasteiger partial charge is 0.315 e. The molecule has 0 saturated heterocycles. The van der Waals surface area contributed by atoms with Crippen LogP contribution in [0.5, 0.6) is 0 Å². The molecule has 1 fully saturated rings. The molecule has 1 aliphatic rings. The molecule has 0 spiro atoms. The Kier molecular flexibility index (Phi) is 4.97. The van der Waals surface area contributed by atoms with Gasteiger partial charge in [-0.25, -0.2) is 0 Å². The standard InChI is InChI=1S/C12H22O2S/c1-8(2)10-5-4-9(3)6-11(10)14-12(13)7-15/h8-11,15H,4-7H2,1-3H3/t9-,10+,11-/m1/s1. The molecule has 15 heavy (non-hydrogen) atoms. The van der Waals surface area contributed by atoms with Crippen LogP contribution in [0.25, 0.3) is 0 Å². The number of hydrogen-bond acceptors (Lipinski definition) is 3. The Bertz CT molecular complexity index is 216. The van der Waals surface area contributed by atoms with Gasteiger partial charge in [-0.2, -0.15) is 12.6 Å². The number of ether oxygens (including phenoxy) is 1. The third-order valence-corrected chi connectivity index (χ3v) is 3.63. The highest BCUT2D eigenvalue weighted by Gasteiger charge is 2.32. The molecule has 1 saturated carbocycles. The number of carbonyl (C=O) groups is 1. The maximum Gasteiger partial charge on any atom is 0.315 e. The fourth-order valence-corrected chi connectivity index (χ4v) is 2.53. The molecule has 0 aromatic rings. The van der Waals surface area contributed by atoms with Gasteiger partial charge < -0.3 is 4.74 Å². The molecule has 1 rings (SSSR count). The molecule has 0 heterocycles. The summed E-state index contributed by atoms with van der Waals surface area (Å²) in [6.07, 6.45) is 3.58. The summed E-state index contributed by atoms with van der Waals surface area (Å²) in [4.78, 5) is 11.3. The molecule has 3 atom stereocenters. The lowest BCUT2D eigenvalue weighted by Gasteiger charge is -2.36. The maximum absolute atomic E-state index is 11.3. The van der Waals surface area contributed by atoms with Crippen LogP contribution in [0, 0.1) is 17.8 Å². The Morgan fingerprint density at radius 1 is 1.47 bits per heavy atom. The maximum atomic E-state index is 11.3. The molecule has 0 N–H and O–H groups in total. The minimum Gasteiger partial charge on any atom is -0.461 e. The summed E-state index contributed by atoms with van der Waals surface area (Å²) in [5.74, 6) is 1.82. The van der Waals surface area contributed by atoms with E-state index in [1.54, 1.807) is 0 Å². The van der Waals surface area contributed by atoms with Crippen molar-refractivity contribution >= 4 is 18.6 Å². The molecule has 2 nitrogen and oxygen atoms in total. The van der Waals surface area contributed by atoms with Gasteiger partial charge in [-0.05, 0) is 30.6 Å². The van der Waals surface area contributed by atoms with Gasteiger partial charge >= 0.3 is 5.97 Å². The third kappa shape index (κ3) is 3.71. The molecular formula is C12H22O2S. The van der Waals surface area contributed by atoms with Crippen LogP contribution in [-0.2, 0) is 9.53 Å². The summed E-state index contributed by atoms with van der Waals surface area (Å²) >= 11 is 3.94. The second kappa shape index (κ2) is 5.78. The molecule has 0 aromatic carbocycles. The van der Waals surface area contributed by atoms with Gasteiger partial charge in [-0.1, -0.05) is 27.2 Å². The van der Waals surface area contributed by atoms with Crippen LogP contribution in [-0.4, -0.2) is 17.8 Å².